The van der Waals surface area contributed by atoms with Crippen molar-refractivity contribution in [2.24, 2.45) is 0 Å². The highest BCUT2D eigenvalue weighted by atomic mass is 16.2. The minimum absolute atomic E-state index is 0.135. The number of fused-ring (bicyclic) bond motifs is 2. The summed E-state index contributed by atoms with van der Waals surface area (Å²) in [4.78, 5) is 28.6. The summed E-state index contributed by atoms with van der Waals surface area (Å²) >= 11 is 0. The van der Waals surface area contributed by atoms with Gasteiger partial charge in [0.05, 0.1) is 0 Å². The van der Waals surface area contributed by atoms with Crippen molar-refractivity contribution in [3.63, 3.8) is 0 Å². The van der Waals surface area contributed by atoms with Gasteiger partial charge in [-0.3, -0.25) is 9.59 Å². The Balaban J connectivity index is 1.57. The molecule has 4 heteroatoms. The molecule has 2 saturated heterocycles. The molecular weight excluding hydrogens is 264 g/mol. The molecule has 2 aliphatic heterocycles. The zero-order valence-electron chi connectivity index (χ0n) is 12.1. The molecule has 2 atom stereocenters. The van der Waals surface area contributed by atoms with Crippen LogP contribution in [0.15, 0.2) is 24.3 Å². The van der Waals surface area contributed by atoms with E-state index in [1.54, 1.807) is 4.90 Å². The molecule has 0 N–H and O–H groups in total. The summed E-state index contributed by atoms with van der Waals surface area (Å²) in [5, 5.41) is 0. The highest BCUT2D eigenvalue weighted by molar-refractivity contribution is 5.95. The van der Waals surface area contributed by atoms with Crippen LogP contribution in [0.2, 0.25) is 0 Å². The average molecular weight is 284 g/mol. The van der Waals surface area contributed by atoms with Crippen LogP contribution in [0.4, 0.5) is 0 Å². The summed E-state index contributed by atoms with van der Waals surface area (Å²) in [6, 6.07) is 8.48. The smallest absolute Gasteiger partial charge is 0.246 e. The van der Waals surface area contributed by atoms with E-state index in [2.05, 4.69) is 24.3 Å². The lowest BCUT2D eigenvalue weighted by Gasteiger charge is -2.42. The lowest BCUT2D eigenvalue weighted by Crippen LogP contribution is -2.60. The molecule has 3 aliphatic rings. The number of carbonyl (C=O) groups is 2. The molecule has 2 unspecified atom stereocenters. The first-order valence-corrected chi connectivity index (χ1v) is 7.91. The van der Waals surface area contributed by atoms with Gasteiger partial charge in [-0.2, -0.15) is 0 Å². The van der Waals surface area contributed by atoms with E-state index in [1.807, 2.05) is 4.90 Å². The van der Waals surface area contributed by atoms with E-state index in [4.69, 9.17) is 0 Å². The Bertz CT molecular complexity index is 598. The maximum absolute atomic E-state index is 12.7. The molecule has 0 radical (unpaired) electrons. The van der Waals surface area contributed by atoms with E-state index in [1.165, 1.54) is 11.1 Å². The number of rotatable bonds is 1. The topological polar surface area (TPSA) is 40.6 Å². The van der Waals surface area contributed by atoms with Crippen LogP contribution in [0.1, 0.15) is 30.4 Å². The number of piperazine rings is 1. The zero-order valence-corrected chi connectivity index (χ0v) is 12.1. The Kier molecular flexibility index (Phi) is 2.98. The van der Waals surface area contributed by atoms with Crippen LogP contribution in [-0.2, 0) is 22.4 Å². The van der Waals surface area contributed by atoms with Crippen LogP contribution in [0, 0.1) is 0 Å². The SMILES string of the molecule is O=C1C2CCCN2C(=O)CN1C1CCc2ccccc2C1. The van der Waals surface area contributed by atoms with Gasteiger partial charge in [0.15, 0.2) is 0 Å². The molecule has 4 nitrogen and oxygen atoms in total. The molecule has 0 aromatic heterocycles. The average Bonchev–Trinajstić information content (AvgIpc) is 3.01. The zero-order chi connectivity index (χ0) is 14.4. The van der Waals surface area contributed by atoms with Gasteiger partial charge in [-0.1, -0.05) is 24.3 Å². The third-order valence-corrected chi connectivity index (χ3v) is 5.21. The molecule has 1 aromatic carbocycles. The number of hydrogen-bond acceptors (Lipinski definition) is 2. The molecule has 2 heterocycles. The summed E-state index contributed by atoms with van der Waals surface area (Å²) in [5.41, 5.74) is 2.73. The quantitative estimate of drug-likeness (QED) is 0.781. The number of aryl methyl sites for hydroxylation is 1. The first-order chi connectivity index (χ1) is 10.2. The number of nitrogens with zero attached hydrogens (tertiary/aromatic N) is 2. The lowest BCUT2D eigenvalue weighted by molar-refractivity contribution is -0.156. The van der Waals surface area contributed by atoms with Gasteiger partial charge >= 0.3 is 0 Å². The normalized spacial score (nSPS) is 28.6. The molecule has 110 valence electrons. The number of hydrogen-bond donors (Lipinski definition) is 0. The van der Waals surface area contributed by atoms with Gasteiger partial charge in [-0.05, 0) is 43.2 Å². The van der Waals surface area contributed by atoms with Crippen LogP contribution < -0.4 is 0 Å². The van der Waals surface area contributed by atoms with E-state index in [0.29, 0.717) is 0 Å². The second-order valence-electron chi connectivity index (χ2n) is 6.38. The minimum atomic E-state index is -0.177. The fourth-order valence-corrected chi connectivity index (χ4v) is 4.08. The highest BCUT2D eigenvalue weighted by Gasteiger charge is 2.44. The van der Waals surface area contributed by atoms with Crippen LogP contribution in [-0.4, -0.2) is 46.8 Å². The Labute approximate surface area is 124 Å². The van der Waals surface area contributed by atoms with Gasteiger partial charge in [0, 0.05) is 12.6 Å². The third kappa shape index (κ3) is 2.04. The Hall–Kier alpha value is -1.84. The van der Waals surface area contributed by atoms with Crippen molar-refractivity contribution in [1.82, 2.24) is 9.80 Å². The van der Waals surface area contributed by atoms with E-state index in [9.17, 15) is 9.59 Å². The number of amides is 2. The van der Waals surface area contributed by atoms with Gasteiger partial charge in [-0.15, -0.1) is 0 Å². The Morgan fingerprint density at radius 3 is 2.67 bits per heavy atom. The molecule has 0 bridgehead atoms. The van der Waals surface area contributed by atoms with Crippen LogP contribution >= 0.6 is 0 Å². The summed E-state index contributed by atoms with van der Waals surface area (Å²) < 4.78 is 0. The fourth-order valence-electron chi connectivity index (χ4n) is 4.08. The van der Waals surface area contributed by atoms with Crippen molar-refractivity contribution in [3.8, 4) is 0 Å². The highest BCUT2D eigenvalue weighted by Crippen LogP contribution is 2.29. The maximum Gasteiger partial charge on any atom is 0.246 e. The van der Waals surface area contributed by atoms with E-state index < -0.39 is 0 Å². The van der Waals surface area contributed by atoms with E-state index in [-0.39, 0.29) is 30.4 Å². The predicted octanol–water partition coefficient (Wildman–Crippen LogP) is 1.38. The van der Waals surface area contributed by atoms with Crippen molar-refractivity contribution in [2.45, 2.75) is 44.2 Å². The summed E-state index contributed by atoms with van der Waals surface area (Å²) in [6.07, 6.45) is 4.67. The molecular formula is C17H20N2O2. The first kappa shape index (κ1) is 12.9. The molecule has 0 spiro atoms. The molecule has 0 saturated carbocycles. The van der Waals surface area contributed by atoms with E-state index in [0.717, 1.165) is 38.6 Å². The van der Waals surface area contributed by atoms with Crippen molar-refractivity contribution < 1.29 is 9.59 Å². The molecule has 21 heavy (non-hydrogen) atoms. The van der Waals surface area contributed by atoms with Gasteiger partial charge in [-0.25, -0.2) is 0 Å². The number of carbonyl (C=O) groups excluding carboxylic acids is 2. The van der Waals surface area contributed by atoms with Crippen LogP contribution in [0.3, 0.4) is 0 Å². The summed E-state index contributed by atoms with van der Waals surface area (Å²) in [6.45, 7) is 1.04. The summed E-state index contributed by atoms with van der Waals surface area (Å²) in [7, 11) is 0. The molecule has 1 aromatic rings. The van der Waals surface area contributed by atoms with Crippen molar-refractivity contribution in [1.29, 1.82) is 0 Å². The second-order valence-corrected chi connectivity index (χ2v) is 6.38. The first-order valence-electron chi connectivity index (χ1n) is 7.91. The Morgan fingerprint density at radius 1 is 1.00 bits per heavy atom. The monoisotopic (exact) mass is 284 g/mol. The summed E-state index contributed by atoms with van der Waals surface area (Å²) in [5.74, 6) is 0.312. The predicted molar refractivity (Wildman–Crippen MR) is 78.7 cm³/mol. The largest absolute Gasteiger partial charge is 0.329 e. The van der Waals surface area contributed by atoms with Gasteiger partial charge in [0.1, 0.15) is 12.6 Å². The number of benzene rings is 1. The minimum Gasteiger partial charge on any atom is -0.329 e. The fraction of sp³-hybridized carbons (Fsp3) is 0.529. The van der Waals surface area contributed by atoms with Crippen LogP contribution in [0.25, 0.3) is 0 Å². The van der Waals surface area contributed by atoms with Gasteiger partial charge in [0.25, 0.3) is 0 Å². The molecule has 2 fully saturated rings. The second kappa shape index (κ2) is 4.86. The van der Waals surface area contributed by atoms with Gasteiger partial charge < -0.3 is 9.80 Å². The maximum atomic E-state index is 12.7. The van der Waals surface area contributed by atoms with Crippen molar-refractivity contribution >= 4 is 11.8 Å². The third-order valence-electron chi connectivity index (χ3n) is 5.21. The van der Waals surface area contributed by atoms with Crippen molar-refractivity contribution in [3.05, 3.63) is 35.4 Å². The van der Waals surface area contributed by atoms with Crippen LogP contribution in [0.5, 0.6) is 0 Å². The standard InChI is InChI=1S/C17H20N2O2/c20-16-11-19(17(21)15-6-3-9-18(15)16)14-8-7-12-4-1-2-5-13(12)10-14/h1-2,4-5,14-15H,3,6-11H2. The molecule has 2 amide bonds. The van der Waals surface area contributed by atoms with Crippen molar-refractivity contribution in [2.75, 3.05) is 13.1 Å². The molecule has 4 rings (SSSR count). The Morgan fingerprint density at radius 2 is 1.81 bits per heavy atom. The lowest BCUT2D eigenvalue weighted by atomic mass is 9.87. The van der Waals surface area contributed by atoms with Gasteiger partial charge in [0.2, 0.25) is 11.8 Å². The van der Waals surface area contributed by atoms with E-state index >= 15 is 0 Å². The molecule has 1 aliphatic carbocycles.